The lowest BCUT2D eigenvalue weighted by molar-refractivity contribution is -0.384. The number of amides is 1. The molecule has 172 valence electrons. The van der Waals surface area contributed by atoms with Gasteiger partial charge in [0.1, 0.15) is 5.69 Å². The highest BCUT2D eigenvalue weighted by Gasteiger charge is 2.29. The maximum atomic E-state index is 12.9. The second-order valence-corrected chi connectivity index (χ2v) is 10.3. The molecule has 2 aromatic carbocycles. The molecule has 1 N–H and O–H groups in total. The van der Waals surface area contributed by atoms with Gasteiger partial charge in [0.25, 0.3) is 5.69 Å². The highest BCUT2D eigenvalue weighted by Crippen LogP contribution is 2.32. The molecule has 1 heterocycles. The summed E-state index contributed by atoms with van der Waals surface area (Å²) in [5.74, 6) is -0.340. The first-order valence-electron chi connectivity index (χ1n) is 10.2. The molecule has 9 nitrogen and oxygen atoms in total. The average Bonchev–Trinajstić information content (AvgIpc) is 2.79. The number of carbonyl (C=O) groups is 1. The molecule has 11 heteroatoms. The lowest BCUT2D eigenvalue weighted by Crippen LogP contribution is -2.35. The number of benzene rings is 2. The number of para-hydroxylation sites is 1. The number of nitrogens with one attached hydrogen (secondary N) is 1. The predicted octanol–water partition coefficient (Wildman–Crippen LogP) is 3.57. The van der Waals surface area contributed by atoms with E-state index in [-0.39, 0.29) is 28.7 Å². The van der Waals surface area contributed by atoms with Crippen LogP contribution in [0.25, 0.3) is 0 Å². The Morgan fingerprint density at radius 3 is 2.53 bits per heavy atom. The quantitative estimate of drug-likeness (QED) is 0.351. The standard InChI is InChI=1S/C21H26N4O5S2/c1-23(15-21(26)22-17-8-4-5-9-20(17)31-2)18-11-10-16(14-19(18)25(27)28)32(29,30)24-12-6-3-7-13-24/h4-5,8-11,14H,3,6-7,12-13,15H2,1-2H3,(H,22,26). The third kappa shape index (κ3) is 5.40. The number of anilines is 2. The minimum absolute atomic E-state index is 0.110. The number of sulfonamides is 1. The SMILES string of the molecule is CSc1ccccc1NC(=O)CN(C)c1ccc(S(=O)(=O)N2CCCCC2)cc1[N+](=O)[O-]. The maximum Gasteiger partial charge on any atom is 0.293 e. The molecule has 0 unspecified atom stereocenters. The summed E-state index contributed by atoms with van der Waals surface area (Å²) in [6.45, 7) is 0.687. The third-order valence-electron chi connectivity index (χ3n) is 5.27. The van der Waals surface area contributed by atoms with E-state index in [0.29, 0.717) is 18.8 Å². The summed E-state index contributed by atoms with van der Waals surface area (Å²) in [5.41, 5.74) is 0.472. The number of nitro benzene ring substituents is 1. The molecule has 1 fully saturated rings. The molecule has 0 atom stereocenters. The van der Waals surface area contributed by atoms with Crippen LogP contribution >= 0.6 is 11.8 Å². The van der Waals surface area contributed by atoms with E-state index >= 15 is 0 Å². The molecule has 0 spiro atoms. The summed E-state index contributed by atoms with van der Waals surface area (Å²) in [4.78, 5) is 25.9. The highest BCUT2D eigenvalue weighted by molar-refractivity contribution is 7.98. The second kappa shape index (κ2) is 10.3. The largest absolute Gasteiger partial charge is 0.360 e. The van der Waals surface area contributed by atoms with E-state index in [0.717, 1.165) is 30.2 Å². The van der Waals surface area contributed by atoms with E-state index in [9.17, 15) is 23.3 Å². The number of thioether (sulfide) groups is 1. The Morgan fingerprint density at radius 2 is 1.88 bits per heavy atom. The fourth-order valence-corrected chi connectivity index (χ4v) is 5.72. The van der Waals surface area contributed by atoms with Crippen LogP contribution in [0, 0.1) is 10.1 Å². The second-order valence-electron chi connectivity index (χ2n) is 7.48. The van der Waals surface area contributed by atoms with E-state index in [1.54, 1.807) is 13.1 Å². The smallest absolute Gasteiger partial charge is 0.293 e. The molecule has 3 rings (SSSR count). The van der Waals surface area contributed by atoms with Crippen molar-refractivity contribution in [1.82, 2.24) is 4.31 Å². The normalized spacial score (nSPS) is 14.7. The van der Waals surface area contributed by atoms with Crippen molar-refractivity contribution in [1.29, 1.82) is 0 Å². The average molecular weight is 479 g/mol. The van der Waals surface area contributed by atoms with Gasteiger partial charge in [-0.2, -0.15) is 4.31 Å². The summed E-state index contributed by atoms with van der Waals surface area (Å²) in [6, 6.07) is 11.2. The van der Waals surface area contributed by atoms with Crippen LogP contribution in [0.1, 0.15) is 19.3 Å². The molecule has 0 bridgehead atoms. The van der Waals surface area contributed by atoms with Crippen molar-refractivity contribution >= 4 is 44.8 Å². The fourth-order valence-electron chi connectivity index (χ4n) is 3.63. The van der Waals surface area contributed by atoms with Crippen LogP contribution in [-0.4, -0.2) is 56.5 Å². The summed E-state index contributed by atoms with van der Waals surface area (Å²) < 4.78 is 27.2. The van der Waals surface area contributed by atoms with E-state index in [2.05, 4.69) is 5.32 Å². The number of nitro groups is 1. The van der Waals surface area contributed by atoms with Gasteiger partial charge in [-0.25, -0.2) is 8.42 Å². The number of piperidine rings is 1. The summed E-state index contributed by atoms with van der Waals surface area (Å²) >= 11 is 1.50. The summed E-state index contributed by atoms with van der Waals surface area (Å²) in [7, 11) is -2.25. The Balaban J connectivity index is 1.81. The van der Waals surface area contributed by atoms with Crippen molar-refractivity contribution in [3.05, 3.63) is 52.6 Å². The third-order valence-corrected chi connectivity index (χ3v) is 7.96. The van der Waals surface area contributed by atoms with Crippen LogP contribution in [0.15, 0.2) is 52.3 Å². The van der Waals surface area contributed by atoms with Crippen LogP contribution in [0.4, 0.5) is 17.1 Å². The number of likely N-dealkylation sites (N-methyl/N-ethyl adjacent to an activating group) is 1. The van der Waals surface area contributed by atoms with Gasteiger partial charge in [0.2, 0.25) is 15.9 Å². The molecule has 0 aromatic heterocycles. The minimum Gasteiger partial charge on any atom is -0.360 e. The van der Waals surface area contributed by atoms with Gasteiger partial charge in [-0.05, 0) is 43.4 Å². The first-order chi connectivity index (χ1) is 15.2. The Labute approximate surface area is 192 Å². The van der Waals surface area contributed by atoms with E-state index in [4.69, 9.17) is 0 Å². The van der Waals surface area contributed by atoms with Gasteiger partial charge in [-0.1, -0.05) is 18.6 Å². The zero-order valence-corrected chi connectivity index (χ0v) is 19.6. The molecule has 1 amide bonds. The van der Waals surface area contributed by atoms with Gasteiger partial charge < -0.3 is 10.2 Å². The minimum atomic E-state index is -3.80. The lowest BCUT2D eigenvalue weighted by atomic mass is 10.2. The first-order valence-corrected chi connectivity index (χ1v) is 12.8. The zero-order valence-electron chi connectivity index (χ0n) is 18.0. The molecule has 0 radical (unpaired) electrons. The van der Waals surface area contributed by atoms with E-state index in [1.807, 2.05) is 24.5 Å². The molecular weight excluding hydrogens is 452 g/mol. The number of rotatable bonds is 8. The lowest BCUT2D eigenvalue weighted by Gasteiger charge is -2.26. The number of hydrogen-bond acceptors (Lipinski definition) is 7. The van der Waals surface area contributed by atoms with Crippen LogP contribution in [0.5, 0.6) is 0 Å². The van der Waals surface area contributed by atoms with Crippen LogP contribution in [0.2, 0.25) is 0 Å². The van der Waals surface area contributed by atoms with Gasteiger partial charge in [-0.3, -0.25) is 14.9 Å². The van der Waals surface area contributed by atoms with Gasteiger partial charge in [0.05, 0.1) is 22.1 Å². The molecule has 32 heavy (non-hydrogen) atoms. The number of hydrogen-bond donors (Lipinski definition) is 1. The molecule has 1 aliphatic rings. The van der Waals surface area contributed by atoms with Crippen LogP contribution in [-0.2, 0) is 14.8 Å². The van der Waals surface area contributed by atoms with Gasteiger partial charge in [-0.15, -0.1) is 11.8 Å². The van der Waals surface area contributed by atoms with Crippen LogP contribution < -0.4 is 10.2 Å². The van der Waals surface area contributed by atoms with Crippen LogP contribution in [0.3, 0.4) is 0 Å². The molecule has 0 saturated carbocycles. The maximum absolute atomic E-state index is 12.9. The highest BCUT2D eigenvalue weighted by atomic mass is 32.2. The van der Waals surface area contributed by atoms with Crippen molar-refractivity contribution in [3.8, 4) is 0 Å². The van der Waals surface area contributed by atoms with Crippen molar-refractivity contribution < 1.29 is 18.1 Å². The molecule has 1 saturated heterocycles. The number of carbonyl (C=O) groups excluding carboxylic acids is 1. The number of nitrogens with zero attached hydrogens (tertiary/aromatic N) is 3. The van der Waals surface area contributed by atoms with Gasteiger partial charge in [0.15, 0.2) is 0 Å². The Morgan fingerprint density at radius 1 is 1.19 bits per heavy atom. The molecular formula is C21H26N4O5S2. The molecule has 1 aliphatic heterocycles. The monoisotopic (exact) mass is 478 g/mol. The predicted molar refractivity (Wildman–Crippen MR) is 126 cm³/mol. The van der Waals surface area contributed by atoms with Crippen molar-refractivity contribution in [3.63, 3.8) is 0 Å². The topological polar surface area (TPSA) is 113 Å². The van der Waals surface area contributed by atoms with E-state index in [1.165, 1.54) is 33.1 Å². The fraction of sp³-hybridized carbons (Fsp3) is 0.381. The molecule has 2 aromatic rings. The van der Waals surface area contributed by atoms with Crippen molar-refractivity contribution in [2.45, 2.75) is 29.1 Å². The Bertz CT molecular complexity index is 1100. The first kappa shape index (κ1) is 24.0. The van der Waals surface area contributed by atoms with E-state index < -0.39 is 14.9 Å². The Kier molecular flexibility index (Phi) is 7.75. The van der Waals surface area contributed by atoms with Gasteiger partial charge >= 0.3 is 0 Å². The van der Waals surface area contributed by atoms with Crippen molar-refractivity contribution in [2.75, 3.05) is 43.2 Å². The van der Waals surface area contributed by atoms with Gasteiger partial charge in [0, 0.05) is 31.1 Å². The Hall–Kier alpha value is -2.63. The molecule has 0 aliphatic carbocycles. The zero-order chi connectivity index (χ0) is 23.3. The van der Waals surface area contributed by atoms with Crippen molar-refractivity contribution in [2.24, 2.45) is 0 Å². The summed E-state index contributed by atoms with van der Waals surface area (Å²) in [6.07, 6.45) is 4.42. The summed E-state index contributed by atoms with van der Waals surface area (Å²) in [5, 5.41) is 14.5.